The van der Waals surface area contributed by atoms with Crippen molar-refractivity contribution in [3.63, 3.8) is 0 Å². The van der Waals surface area contributed by atoms with Crippen LogP contribution in [0.1, 0.15) is 15.2 Å². The first-order chi connectivity index (χ1) is 11.8. The van der Waals surface area contributed by atoms with E-state index in [9.17, 15) is 23.1 Å². The highest BCUT2D eigenvalue weighted by Gasteiger charge is 2.30. The number of thiophene rings is 1. The summed E-state index contributed by atoms with van der Waals surface area (Å²) in [5, 5.41) is 11.9. The molecular formula is C18H12F3NO2S. The normalized spacial score (nSPS) is 11.3. The Morgan fingerprint density at radius 2 is 1.72 bits per heavy atom. The van der Waals surface area contributed by atoms with E-state index in [0.717, 1.165) is 23.5 Å². The van der Waals surface area contributed by atoms with Crippen LogP contribution in [0.4, 0.5) is 18.9 Å². The number of carbonyl (C=O) groups excluding carboxylic acids is 1. The van der Waals surface area contributed by atoms with Gasteiger partial charge < -0.3 is 10.4 Å². The highest BCUT2D eigenvalue weighted by Crippen LogP contribution is 2.34. The SMILES string of the molecule is O=C(Nc1ccc(O)cc1)c1ccc(-c2cccc(C(F)(F)F)c2)s1. The van der Waals surface area contributed by atoms with Crippen molar-refractivity contribution in [2.45, 2.75) is 6.18 Å². The van der Waals surface area contributed by atoms with E-state index in [1.54, 1.807) is 30.3 Å². The number of carbonyl (C=O) groups is 1. The van der Waals surface area contributed by atoms with Crippen LogP contribution < -0.4 is 5.32 Å². The number of rotatable bonds is 3. The Morgan fingerprint density at radius 1 is 1.00 bits per heavy atom. The minimum absolute atomic E-state index is 0.0842. The van der Waals surface area contributed by atoms with Crippen LogP contribution in [0, 0.1) is 0 Å². The molecule has 2 aromatic carbocycles. The summed E-state index contributed by atoms with van der Waals surface area (Å²) in [6.07, 6.45) is -4.41. The fourth-order valence-electron chi connectivity index (χ4n) is 2.20. The first kappa shape index (κ1) is 17.0. The number of phenols is 1. The Bertz CT molecular complexity index is 901. The fourth-order valence-corrected chi connectivity index (χ4v) is 3.10. The molecule has 1 heterocycles. The molecule has 0 saturated heterocycles. The predicted octanol–water partition coefficient (Wildman–Crippen LogP) is 5.39. The second kappa shape index (κ2) is 6.60. The van der Waals surface area contributed by atoms with Crippen LogP contribution in [0.3, 0.4) is 0 Å². The molecule has 7 heteroatoms. The van der Waals surface area contributed by atoms with Gasteiger partial charge in [0.1, 0.15) is 5.75 Å². The molecule has 1 aromatic heterocycles. The van der Waals surface area contributed by atoms with E-state index in [-0.39, 0.29) is 11.7 Å². The van der Waals surface area contributed by atoms with Gasteiger partial charge in [-0.3, -0.25) is 4.79 Å². The molecule has 1 amide bonds. The monoisotopic (exact) mass is 363 g/mol. The smallest absolute Gasteiger partial charge is 0.416 e. The number of halogens is 3. The largest absolute Gasteiger partial charge is 0.508 e. The molecule has 3 rings (SSSR count). The topological polar surface area (TPSA) is 49.3 Å². The summed E-state index contributed by atoms with van der Waals surface area (Å²) < 4.78 is 38.4. The Labute approximate surface area is 145 Å². The van der Waals surface area contributed by atoms with Gasteiger partial charge in [0.15, 0.2) is 0 Å². The number of amides is 1. The van der Waals surface area contributed by atoms with Gasteiger partial charge >= 0.3 is 6.18 Å². The molecule has 0 aliphatic rings. The minimum atomic E-state index is -4.41. The average Bonchev–Trinajstić information content (AvgIpc) is 3.06. The lowest BCUT2D eigenvalue weighted by molar-refractivity contribution is -0.137. The number of aromatic hydroxyl groups is 1. The van der Waals surface area contributed by atoms with Gasteiger partial charge in [-0.2, -0.15) is 13.2 Å². The van der Waals surface area contributed by atoms with Crippen LogP contribution in [0.2, 0.25) is 0 Å². The number of anilines is 1. The molecule has 0 unspecified atom stereocenters. The van der Waals surface area contributed by atoms with Crippen molar-refractivity contribution in [2.24, 2.45) is 0 Å². The Hall–Kier alpha value is -2.80. The molecule has 0 radical (unpaired) electrons. The fraction of sp³-hybridized carbons (Fsp3) is 0.0556. The lowest BCUT2D eigenvalue weighted by Gasteiger charge is -2.07. The van der Waals surface area contributed by atoms with Gasteiger partial charge in [-0.15, -0.1) is 11.3 Å². The summed E-state index contributed by atoms with van der Waals surface area (Å²) in [6.45, 7) is 0. The summed E-state index contributed by atoms with van der Waals surface area (Å²) in [5.41, 5.74) is 0.189. The first-order valence-corrected chi connectivity index (χ1v) is 8.02. The molecule has 0 spiro atoms. The van der Waals surface area contributed by atoms with Gasteiger partial charge in [-0.25, -0.2) is 0 Å². The Morgan fingerprint density at radius 3 is 2.40 bits per heavy atom. The summed E-state index contributed by atoms with van der Waals surface area (Å²) in [5.74, 6) is -0.283. The van der Waals surface area contributed by atoms with Crippen molar-refractivity contribution in [1.29, 1.82) is 0 Å². The van der Waals surface area contributed by atoms with Gasteiger partial charge in [0.05, 0.1) is 10.4 Å². The lowest BCUT2D eigenvalue weighted by atomic mass is 10.1. The van der Waals surface area contributed by atoms with Crippen molar-refractivity contribution >= 4 is 22.9 Å². The number of phenolic OH excluding ortho intramolecular Hbond substituents is 1. The van der Waals surface area contributed by atoms with E-state index in [2.05, 4.69) is 5.32 Å². The quantitative estimate of drug-likeness (QED) is 0.613. The van der Waals surface area contributed by atoms with Crippen molar-refractivity contribution < 1.29 is 23.1 Å². The van der Waals surface area contributed by atoms with Gasteiger partial charge in [0.25, 0.3) is 5.91 Å². The third-order valence-corrected chi connectivity index (χ3v) is 4.56. The van der Waals surface area contributed by atoms with E-state index in [4.69, 9.17) is 0 Å². The maximum Gasteiger partial charge on any atom is 0.416 e. The molecule has 0 atom stereocenters. The molecule has 0 bridgehead atoms. The van der Waals surface area contributed by atoms with Gasteiger partial charge in [-0.05, 0) is 54.1 Å². The zero-order chi connectivity index (χ0) is 18.0. The molecule has 128 valence electrons. The molecule has 3 aromatic rings. The molecule has 3 nitrogen and oxygen atoms in total. The van der Waals surface area contributed by atoms with Crippen LogP contribution in [0.5, 0.6) is 5.75 Å². The molecular weight excluding hydrogens is 351 g/mol. The number of hydrogen-bond donors (Lipinski definition) is 2. The second-order valence-electron chi connectivity index (χ2n) is 5.24. The third-order valence-electron chi connectivity index (χ3n) is 3.43. The zero-order valence-corrected chi connectivity index (χ0v) is 13.5. The summed E-state index contributed by atoms with van der Waals surface area (Å²) in [7, 11) is 0. The van der Waals surface area contributed by atoms with E-state index in [1.807, 2.05) is 0 Å². The van der Waals surface area contributed by atoms with Crippen LogP contribution in [0.15, 0.2) is 60.7 Å². The summed E-state index contributed by atoms with van der Waals surface area (Å²) >= 11 is 1.11. The second-order valence-corrected chi connectivity index (χ2v) is 6.33. The van der Waals surface area contributed by atoms with Crippen molar-refractivity contribution in [2.75, 3.05) is 5.32 Å². The van der Waals surface area contributed by atoms with Gasteiger partial charge in [0.2, 0.25) is 0 Å². The van der Waals surface area contributed by atoms with Crippen LogP contribution in [-0.4, -0.2) is 11.0 Å². The molecule has 0 saturated carbocycles. The number of alkyl halides is 3. The first-order valence-electron chi connectivity index (χ1n) is 7.21. The Balaban J connectivity index is 1.80. The molecule has 2 N–H and O–H groups in total. The van der Waals surface area contributed by atoms with Gasteiger partial charge in [0, 0.05) is 10.6 Å². The molecule has 0 aliphatic carbocycles. The van der Waals surface area contributed by atoms with Crippen LogP contribution in [0.25, 0.3) is 10.4 Å². The standard InChI is InChI=1S/C18H12F3NO2S/c19-18(20,21)12-3-1-2-11(10-12)15-8-9-16(25-15)17(24)22-13-4-6-14(23)7-5-13/h1-10,23H,(H,22,24). The predicted molar refractivity (Wildman–Crippen MR) is 90.8 cm³/mol. The maximum atomic E-state index is 12.8. The lowest BCUT2D eigenvalue weighted by Crippen LogP contribution is -2.09. The van der Waals surface area contributed by atoms with E-state index >= 15 is 0 Å². The highest BCUT2D eigenvalue weighted by molar-refractivity contribution is 7.17. The number of benzene rings is 2. The van der Waals surface area contributed by atoms with E-state index in [1.165, 1.54) is 18.2 Å². The van der Waals surface area contributed by atoms with Gasteiger partial charge in [-0.1, -0.05) is 12.1 Å². The molecule has 0 fully saturated rings. The summed E-state index contributed by atoms with van der Waals surface area (Å²) in [4.78, 5) is 13.2. The Kier molecular flexibility index (Phi) is 4.50. The van der Waals surface area contributed by atoms with Crippen molar-refractivity contribution in [3.8, 4) is 16.2 Å². The zero-order valence-electron chi connectivity index (χ0n) is 12.7. The van der Waals surface area contributed by atoms with E-state index in [0.29, 0.717) is 21.0 Å². The third kappa shape index (κ3) is 4.00. The van der Waals surface area contributed by atoms with Crippen LogP contribution in [-0.2, 0) is 6.18 Å². The van der Waals surface area contributed by atoms with Crippen LogP contribution >= 0.6 is 11.3 Å². The maximum absolute atomic E-state index is 12.8. The number of nitrogens with one attached hydrogen (secondary N) is 1. The summed E-state index contributed by atoms with van der Waals surface area (Å²) in [6, 6.07) is 14.2. The van der Waals surface area contributed by atoms with Crippen molar-refractivity contribution in [3.05, 3.63) is 71.1 Å². The number of hydrogen-bond acceptors (Lipinski definition) is 3. The van der Waals surface area contributed by atoms with E-state index < -0.39 is 11.7 Å². The minimum Gasteiger partial charge on any atom is -0.508 e. The highest BCUT2D eigenvalue weighted by atomic mass is 32.1. The molecule has 25 heavy (non-hydrogen) atoms. The van der Waals surface area contributed by atoms with Crippen molar-refractivity contribution in [1.82, 2.24) is 0 Å². The average molecular weight is 363 g/mol. The molecule has 0 aliphatic heterocycles.